The first-order valence-electron chi connectivity index (χ1n) is 6.39. The summed E-state index contributed by atoms with van der Waals surface area (Å²) in [4.78, 5) is 3.61. The molecule has 84 valence electrons. The van der Waals surface area contributed by atoms with Gasteiger partial charge in [-0.2, -0.15) is 0 Å². The molecule has 1 aromatic heterocycles. The summed E-state index contributed by atoms with van der Waals surface area (Å²) in [6.45, 7) is 4.58. The van der Waals surface area contributed by atoms with Gasteiger partial charge in [-0.05, 0) is 48.8 Å². The van der Waals surface area contributed by atoms with E-state index < -0.39 is 0 Å². The van der Waals surface area contributed by atoms with Crippen LogP contribution in [0.25, 0.3) is 10.9 Å². The van der Waals surface area contributed by atoms with E-state index in [1.165, 1.54) is 47.8 Å². The number of nitrogens with one attached hydrogen (secondary N) is 1. The molecule has 0 spiro atoms. The highest BCUT2D eigenvalue weighted by molar-refractivity contribution is 5.88. The number of hydrogen-bond donors (Lipinski definition) is 1. The predicted octanol–water partition coefficient (Wildman–Crippen LogP) is 4.17. The summed E-state index contributed by atoms with van der Waals surface area (Å²) in [6, 6.07) is 6.69. The Labute approximate surface area is 96.9 Å². The number of hydrogen-bond acceptors (Lipinski definition) is 0. The zero-order chi connectivity index (χ0) is 11.1. The Bertz CT molecular complexity index is 519. The van der Waals surface area contributed by atoms with E-state index in [0.29, 0.717) is 5.92 Å². The number of aromatic amines is 1. The second kappa shape index (κ2) is 3.65. The van der Waals surface area contributed by atoms with Gasteiger partial charge in [0, 0.05) is 16.6 Å². The molecule has 0 amide bonds. The average molecular weight is 213 g/mol. The van der Waals surface area contributed by atoms with Crippen molar-refractivity contribution in [3.8, 4) is 0 Å². The largest absolute Gasteiger partial charge is 0.358 e. The molecule has 1 heterocycles. The Kier molecular flexibility index (Phi) is 2.27. The SMILES string of the molecule is CC(C)c1cccc2[nH]c3c(c12)CCCC3. The molecule has 3 rings (SSSR count). The van der Waals surface area contributed by atoms with E-state index in [1.54, 1.807) is 5.56 Å². The maximum absolute atomic E-state index is 3.61. The Hall–Kier alpha value is -1.24. The standard InChI is InChI=1S/C15H19N/c1-10(2)11-7-5-9-14-15(11)12-6-3-4-8-13(12)16-14/h5,7,9-10,16H,3-4,6,8H2,1-2H3. The molecular weight excluding hydrogens is 194 g/mol. The second-order valence-electron chi connectivity index (χ2n) is 5.21. The lowest BCUT2D eigenvalue weighted by Crippen LogP contribution is -2.01. The maximum atomic E-state index is 3.61. The first-order valence-corrected chi connectivity index (χ1v) is 6.39. The molecule has 0 atom stereocenters. The number of H-pyrrole nitrogens is 1. The van der Waals surface area contributed by atoms with E-state index in [4.69, 9.17) is 0 Å². The molecule has 1 heteroatoms. The number of aryl methyl sites for hydroxylation is 2. The molecule has 0 saturated heterocycles. The summed E-state index contributed by atoms with van der Waals surface area (Å²) in [7, 11) is 0. The summed E-state index contributed by atoms with van der Waals surface area (Å²) < 4.78 is 0. The van der Waals surface area contributed by atoms with Crippen molar-refractivity contribution in [3.63, 3.8) is 0 Å². The zero-order valence-corrected chi connectivity index (χ0v) is 10.1. The smallest absolute Gasteiger partial charge is 0.0461 e. The van der Waals surface area contributed by atoms with Gasteiger partial charge < -0.3 is 4.98 Å². The molecule has 1 nitrogen and oxygen atoms in total. The minimum Gasteiger partial charge on any atom is -0.358 e. The van der Waals surface area contributed by atoms with E-state index in [9.17, 15) is 0 Å². The summed E-state index contributed by atoms with van der Waals surface area (Å²) in [6.07, 6.45) is 5.20. The molecule has 0 fully saturated rings. The van der Waals surface area contributed by atoms with E-state index in [0.717, 1.165) is 0 Å². The summed E-state index contributed by atoms with van der Waals surface area (Å²) in [5.41, 5.74) is 5.95. The molecule has 16 heavy (non-hydrogen) atoms. The number of rotatable bonds is 1. The van der Waals surface area contributed by atoms with Crippen molar-refractivity contribution in [1.29, 1.82) is 0 Å². The van der Waals surface area contributed by atoms with Crippen LogP contribution in [-0.4, -0.2) is 4.98 Å². The molecule has 0 unspecified atom stereocenters. The van der Waals surface area contributed by atoms with Gasteiger partial charge >= 0.3 is 0 Å². The maximum Gasteiger partial charge on any atom is 0.0461 e. The normalized spacial score (nSPS) is 15.7. The molecule has 0 saturated carbocycles. The van der Waals surface area contributed by atoms with Gasteiger partial charge in [-0.1, -0.05) is 26.0 Å². The highest BCUT2D eigenvalue weighted by Gasteiger charge is 2.18. The lowest BCUT2D eigenvalue weighted by Gasteiger charge is -2.13. The van der Waals surface area contributed by atoms with Crippen molar-refractivity contribution in [3.05, 3.63) is 35.0 Å². The van der Waals surface area contributed by atoms with Gasteiger partial charge in [-0.15, -0.1) is 0 Å². The second-order valence-corrected chi connectivity index (χ2v) is 5.21. The molecule has 0 aliphatic heterocycles. The van der Waals surface area contributed by atoms with Crippen LogP contribution >= 0.6 is 0 Å². The monoisotopic (exact) mass is 213 g/mol. The van der Waals surface area contributed by atoms with Gasteiger partial charge in [0.15, 0.2) is 0 Å². The lowest BCUT2D eigenvalue weighted by atomic mass is 9.91. The van der Waals surface area contributed by atoms with E-state index in [2.05, 4.69) is 37.0 Å². The average Bonchev–Trinajstić information content (AvgIpc) is 2.66. The minimum absolute atomic E-state index is 0.616. The molecule has 1 aromatic carbocycles. The van der Waals surface area contributed by atoms with Crippen molar-refractivity contribution >= 4 is 10.9 Å². The third-order valence-corrected chi connectivity index (χ3v) is 3.77. The third kappa shape index (κ3) is 1.38. The fourth-order valence-electron chi connectivity index (χ4n) is 2.97. The fraction of sp³-hybridized carbons (Fsp3) is 0.467. The molecule has 1 N–H and O–H groups in total. The van der Waals surface area contributed by atoms with Crippen LogP contribution in [0.1, 0.15) is 49.4 Å². The number of aromatic nitrogens is 1. The van der Waals surface area contributed by atoms with Gasteiger partial charge in [0.25, 0.3) is 0 Å². The Balaban J connectivity index is 2.32. The van der Waals surface area contributed by atoms with Gasteiger partial charge in [-0.3, -0.25) is 0 Å². The first-order chi connectivity index (χ1) is 7.77. The van der Waals surface area contributed by atoms with Gasteiger partial charge in [-0.25, -0.2) is 0 Å². The van der Waals surface area contributed by atoms with Crippen LogP contribution in [0, 0.1) is 0 Å². The van der Waals surface area contributed by atoms with Crippen molar-refractivity contribution in [2.45, 2.75) is 45.4 Å². The third-order valence-electron chi connectivity index (χ3n) is 3.77. The van der Waals surface area contributed by atoms with Crippen LogP contribution in [0.4, 0.5) is 0 Å². The zero-order valence-electron chi connectivity index (χ0n) is 10.1. The summed E-state index contributed by atoms with van der Waals surface area (Å²) in [5.74, 6) is 0.616. The highest BCUT2D eigenvalue weighted by Crippen LogP contribution is 2.34. The van der Waals surface area contributed by atoms with Crippen LogP contribution in [-0.2, 0) is 12.8 Å². The lowest BCUT2D eigenvalue weighted by molar-refractivity contribution is 0.679. The summed E-state index contributed by atoms with van der Waals surface area (Å²) in [5, 5.41) is 1.52. The van der Waals surface area contributed by atoms with Crippen LogP contribution < -0.4 is 0 Å². The molecular formula is C15H19N. The molecule has 0 radical (unpaired) electrons. The number of fused-ring (bicyclic) bond motifs is 3. The van der Waals surface area contributed by atoms with Crippen molar-refractivity contribution in [2.24, 2.45) is 0 Å². The van der Waals surface area contributed by atoms with Crippen LogP contribution in [0.3, 0.4) is 0 Å². The number of benzene rings is 1. The minimum atomic E-state index is 0.616. The van der Waals surface area contributed by atoms with E-state index in [1.807, 2.05) is 0 Å². The Morgan fingerprint density at radius 1 is 1.12 bits per heavy atom. The van der Waals surface area contributed by atoms with Gasteiger partial charge in [0.2, 0.25) is 0 Å². The van der Waals surface area contributed by atoms with Gasteiger partial charge in [0.05, 0.1) is 0 Å². The molecule has 2 aromatic rings. The van der Waals surface area contributed by atoms with Gasteiger partial charge in [0.1, 0.15) is 0 Å². The van der Waals surface area contributed by atoms with Crippen LogP contribution in [0.15, 0.2) is 18.2 Å². The topological polar surface area (TPSA) is 15.8 Å². The Morgan fingerprint density at radius 3 is 2.75 bits per heavy atom. The highest BCUT2D eigenvalue weighted by atomic mass is 14.7. The molecule has 1 aliphatic rings. The fourth-order valence-corrected chi connectivity index (χ4v) is 2.97. The van der Waals surface area contributed by atoms with E-state index >= 15 is 0 Å². The predicted molar refractivity (Wildman–Crippen MR) is 69.0 cm³/mol. The van der Waals surface area contributed by atoms with Crippen molar-refractivity contribution < 1.29 is 0 Å². The Morgan fingerprint density at radius 2 is 1.94 bits per heavy atom. The molecule has 1 aliphatic carbocycles. The molecule has 0 bridgehead atoms. The van der Waals surface area contributed by atoms with Crippen molar-refractivity contribution in [2.75, 3.05) is 0 Å². The summed E-state index contributed by atoms with van der Waals surface area (Å²) >= 11 is 0. The van der Waals surface area contributed by atoms with Crippen LogP contribution in [0.2, 0.25) is 0 Å². The van der Waals surface area contributed by atoms with Crippen LogP contribution in [0.5, 0.6) is 0 Å². The first kappa shape index (κ1) is 9.95. The van der Waals surface area contributed by atoms with Crippen molar-refractivity contribution in [1.82, 2.24) is 4.98 Å². The van der Waals surface area contributed by atoms with E-state index in [-0.39, 0.29) is 0 Å². The quantitative estimate of drug-likeness (QED) is 0.731.